The molecule has 9 heteroatoms. The van der Waals surface area contributed by atoms with E-state index in [0.29, 0.717) is 32.7 Å². The van der Waals surface area contributed by atoms with Crippen molar-refractivity contribution in [3.8, 4) is 0 Å². The second kappa shape index (κ2) is 7.91. The maximum Gasteiger partial charge on any atom is 0.339 e. The summed E-state index contributed by atoms with van der Waals surface area (Å²) >= 11 is 0. The van der Waals surface area contributed by atoms with Crippen molar-refractivity contribution < 1.29 is 18.3 Å². The molecule has 1 aliphatic heterocycles. The highest BCUT2D eigenvalue weighted by molar-refractivity contribution is 7.89. The number of piperazine rings is 1. The molecule has 8 nitrogen and oxygen atoms in total. The lowest BCUT2D eigenvalue weighted by Gasteiger charge is -2.33. The standard InChI is InChI=1S/C15H24N4O4S/c1-3-5-16-14-13(15(20)21)10-12(11-17-14)24(22,23)19-8-6-18(4-2)7-9-19/h10-11H,3-9H2,1-2H3,(H,16,17)(H,20,21). The van der Waals surface area contributed by atoms with Crippen LogP contribution in [0.5, 0.6) is 0 Å². The summed E-state index contributed by atoms with van der Waals surface area (Å²) in [5.41, 5.74) is -0.128. The summed E-state index contributed by atoms with van der Waals surface area (Å²) in [6.45, 7) is 7.57. The number of aromatic carboxylic acids is 1. The molecule has 2 heterocycles. The second-order valence-corrected chi connectivity index (χ2v) is 7.58. The third-order valence-corrected chi connectivity index (χ3v) is 5.92. The number of pyridine rings is 1. The van der Waals surface area contributed by atoms with Gasteiger partial charge in [-0.25, -0.2) is 18.2 Å². The van der Waals surface area contributed by atoms with Crippen LogP contribution in [0, 0.1) is 0 Å². The van der Waals surface area contributed by atoms with E-state index in [2.05, 4.69) is 15.2 Å². The monoisotopic (exact) mass is 356 g/mol. The molecule has 0 saturated carbocycles. The van der Waals surface area contributed by atoms with Crippen molar-refractivity contribution in [2.75, 3.05) is 44.6 Å². The largest absolute Gasteiger partial charge is 0.478 e. The van der Waals surface area contributed by atoms with Crippen LogP contribution >= 0.6 is 0 Å². The number of hydrogen-bond acceptors (Lipinski definition) is 6. The van der Waals surface area contributed by atoms with E-state index in [4.69, 9.17) is 0 Å². The van der Waals surface area contributed by atoms with Gasteiger partial charge in [0.05, 0.1) is 0 Å². The molecule has 1 aliphatic rings. The summed E-state index contributed by atoms with van der Waals surface area (Å²) in [6, 6.07) is 1.19. The van der Waals surface area contributed by atoms with Crippen LogP contribution in [0.15, 0.2) is 17.2 Å². The van der Waals surface area contributed by atoms with E-state index >= 15 is 0 Å². The molecule has 2 N–H and O–H groups in total. The summed E-state index contributed by atoms with van der Waals surface area (Å²) in [5, 5.41) is 12.2. The van der Waals surface area contributed by atoms with Gasteiger partial charge in [-0.15, -0.1) is 0 Å². The average molecular weight is 356 g/mol. The Labute approximate surface area is 142 Å². The van der Waals surface area contributed by atoms with Crippen molar-refractivity contribution in [2.45, 2.75) is 25.2 Å². The van der Waals surface area contributed by atoms with Gasteiger partial charge < -0.3 is 15.3 Å². The minimum Gasteiger partial charge on any atom is -0.478 e. The first-order chi connectivity index (χ1) is 11.4. The predicted molar refractivity (Wildman–Crippen MR) is 90.8 cm³/mol. The predicted octanol–water partition coefficient (Wildman–Crippen LogP) is 0.928. The van der Waals surface area contributed by atoms with Crippen molar-refractivity contribution in [1.29, 1.82) is 0 Å². The molecule has 0 radical (unpaired) electrons. The smallest absolute Gasteiger partial charge is 0.339 e. The number of sulfonamides is 1. The molecule has 1 saturated heterocycles. The fourth-order valence-corrected chi connectivity index (χ4v) is 3.96. The number of carboxylic acid groups (broad SMARTS) is 1. The van der Waals surface area contributed by atoms with Gasteiger partial charge in [-0.2, -0.15) is 4.31 Å². The van der Waals surface area contributed by atoms with Crippen molar-refractivity contribution in [2.24, 2.45) is 0 Å². The quantitative estimate of drug-likeness (QED) is 0.749. The highest BCUT2D eigenvalue weighted by Crippen LogP contribution is 2.22. The van der Waals surface area contributed by atoms with Crippen LogP contribution in [0.25, 0.3) is 0 Å². The third kappa shape index (κ3) is 4.03. The van der Waals surface area contributed by atoms with E-state index in [9.17, 15) is 18.3 Å². The number of hydrogen-bond donors (Lipinski definition) is 2. The van der Waals surface area contributed by atoms with Crippen molar-refractivity contribution >= 4 is 21.8 Å². The minimum atomic E-state index is -3.73. The van der Waals surface area contributed by atoms with Gasteiger partial charge in [-0.1, -0.05) is 13.8 Å². The first-order valence-electron chi connectivity index (χ1n) is 8.09. The van der Waals surface area contributed by atoms with Crippen LogP contribution in [-0.2, 0) is 10.0 Å². The number of likely N-dealkylation sites (N-methyl/N-ethyl adjacent to an activating group) is 1. The number of nitrogens with one attached hydrogen (secondary N) is 1. The van der Waals surface area contributed by atoms with Crippen molar-refractivity contribution in [3.63, 3.8) is 0 Å². The van der Waals surface area contributed by atoms with Crippen LogP contribution in [0.4, 0.5) is 5.82 Å². The molecule has 0 aromatic carbocycles. The lowest BCUT2D eigenvalue weighted by atomic mass is 10.2. The Bertz CT molecular complexity index is 685. The Hall–Kier alpha value is -1.71. The number of aromatic nitrogens is 1. The molecule has 134 valence electrons. The number of carboxylic acids is 1. The molecule has 0 aliphatic carbocycles. The first-order valence-corrected chi connectivity index (χ1v) is 9.53. The number of anilines is 1. The van der Waals surface area contributed by atoms with Gasteiger partial charge in [0.15, 0.2) is 0 Å². The van der Waals surface area contributed by atoms with E-state index in [-0.39, 0.29) is 16.3 Å². The Morgan fingerprint density at radius 2 is 1.96 bits per heavy atom. The molecule has 1 aromatic rings. The van der Waals surface area contributed by atoms with Crippen molar-refractivity contribution in [3.05, 3.63) is 17.8 Å². The van der Waals surface area contributed by atoms with E-state index in [0.717, 1.165) is 13.0 Å². The fourth-order valence-electron chi connectivity index (χ4n) is 2.57. The highest BCUT2D eigenvalue weighted by atomic mass is 32.2. The zero-order valence-corrected chi connectivity index (χ0v) is 14.8. The minimum absolute atomic E-state index is 0.0769. The highest BCUT2D eigenvalue weighted by Gasteiger charge is 2.29. The molecule has 2 rings (SSSR count). The molecule has 0 atom stereocenters. The molecular weight excluding hydrogens is 332 g/mol. The normalized spacial score (nSPS) is 16.9. The average Bonchev–Trinajstić information content (AvgIpc) is 2.59. The Morgan fingerprint density at radius 3 is 2.50 bits per heavy atom. The summed E-state index contributed by atoms with van der Waals surface area (Å²) < 4.78 is 26.9. The van der Waals surface area contributed by atoms with Gasteiger partial charge in [0.25, 0.3) is 0 Å². The van der Waals surface area contributed by atoms with E-state index in [1.54, 1.807) is 0 Å². The zero-order chi connectivity index (χ0) is 17.7. The van der Waals surface area contributed by atoms with Gasteiger partial charge in [-0.3, -0.25) is 0 Å². The second-order valence-electron chi connectivity index (χ2n) is 5.64. The summed E-state index contributed by atoms with van der Waals surface area (Å²) in [6.07, 6.45) is 2.04. The summed E-state index contributed by atoms with van der Waals surface area (Å²) in [5.74, 6) is -1.01. The van der Waals surface area contributed by atoms with Gasteiger partial charge in [0.1, 0.15) is 16.3 Å². The SMILES string of the molecule is CCCNc1ncc(S(=O)(=O)N2CCN(CC)CC2)cc1C(=O)O. The van der Waals surface area contributed by atoms with Crippen LogP contribution in [0.1, 0.15) is 30.6 Å². The van der Waals surface area contributed by atoms with Gasteiger partial charge in [0.2, 0.25) is 10.0 Å². The topological polar surface area (TPSA) is 103 Å². The van der Waals surface area contributed by atoms with Crippen LogP contribution < -0.4 is 5.32 Å². The Morgan fingerprint density at radius 1 is 1.29 bits per heavy atom. The molecule has 0 spiro atoms. The van der Waals surface area contributed by atoms with Gasteiger partial charge >= 0.3 is 5.97 Å². The molecule has 0 unspecified atom stereocenters. The Kier molecular flexibility index (Phi) is 6.14. The number of rotatable bonds is 7. The fraction of sp³-hybridized carbons (Fsp3) is 0.600. The van der Waals surface area contributed by atoms with Crippen molar-refractivity contribution in [1.82, 2.24) is 14.2 Å². The number of nitrogens with zero attached hydrogens (tertiary/aromatic N) is 3. The maximum atomic E-state index is 12.7. The lowest BCUT2D eigenvalue weighted by molar-refractivity contribution is 0.0697. The van der Waals surface area contributed by atoms with Gasteiger partial charge in [-0.05, 0) is 19.0 Å². The summed E-state index contributed by atoms with van der Waals surface area (Å²) in [4.78, 5) is 17.5. The third-order valence-electron chi connectivity index (χ3n) is 4.05. The maximum absolute atomic E-state index is 12.7. The molecule has 0 bridgehead atoms. The van der Waals surface area contributed by atoms with E-state index < -0.39 is 16.0 Å². The van der Waals surface area contributed by atoms with Crippen LogP contribution in [-0.4, -0.2) is 73.0 Å². The molecule has 1 fully saturated rings. The molecule has 1 aromatic heterocycles. The Balaban J connectivity index is 2.27. The number of carbonyl (C=O) groups is 1. The first kappa shape index (κ1) is 18.6. The molecule has 0 amide bonds. The molecular formula is C15H24N4O4S. The molecule has 24 heavy (non-hydrogen) atoms. The van der Waals surface area contributed by atoms with Crippen LogP contribution in [0.2, 0.25) is 0 Å². The zero-order valence-electron chi connectivity index (χ0n) is 14.0. The van der Waals surface area contributed by atoms with Crippen LogP contribution in [0.3, 0.4) is 0 Å². The van der Waals surface area contributed by atoms with Gasteiger partial charge in [0, 0.05) is 38.9 Å². The van der Waals surface area contributed by atoms with E-state index in [1.807, 2.05) is 13.8 Å². The van der Waals surface area contributed by atoms with E-state index in [1.165, 1.54) is 16.6 Å². The summed E-state index contributed by atoms with van der Waals surface area (Å²) in [7, 11) is -3.73. The lowest BCUT2D eigenvalue weighted by Crippen LogP contribution is -2.48.